The van der Waals surface area contributed by atoms with Crippen LogP contribution in [-0.2, 0) is 12.7 Å². The molecule has 0 amide bonds. The van der Waals surface area contributed by atoms with Crippen molar-refractivity contribution in [3.63, 3.8) is 0 Å². The summed E-state index contributed by atoms with van der Waals surface area (Å²) in [6.45, 7) is -0.735. The molecule has 0 aromatic carbocycles. The van der Waals surface area contributed by atoms with Crippen LogP contribution in [0.4, 0.5) is 22.0 Å². The minimum atomic E-state index is -4.93. The Bertz CT molecular complexity index is 430. The first-order valence-corrected chi connectivity index (χ1v) is 4.35. The zero-order chi connectivity index (χ0) is 13.2. The fraction of sp³-hybridized carbons (Fsp3) is 0.333. The fourth-order valence-electron chi connectivity index (χ4n) is 1.32. The van der Waals surface area contributed by atoms with Gasteiger partial charge in [-0.15, -0.1) is 0 Å². The van der Waals surface area contributed by atoms with Crippen LogP contribution in [0.15, 0.2) is 6.07 Å². The molecule has 0 saturated heterocycles. The number of rotatable bonds is 3. The van der Waals surface area contributed by atoms with E-state index in [1.807, 2.05) is 0 Å². The quantitative estimate of drug-likeness (QED) is 0.665. The topological polar surface area (TPSA) is 56.0 Å². The lowest BCUT2D eigenvalue weighted by molar-refractivity contribution is -0.142. The molecule has 0 aliphatic rings. The third-order valence-corrected chi connectivity index (χ3v) is 2.01. The Labute approximate surface area is 92.4 Å². The monoisotopic (exact) mass is 254 g/mol. The summed E-state index contributed by atoms with van der Waals surface area (Å²) in [4.78, 5) is 13.3. The number of nitrogens with zero attached hydrogens (tertiary/aromatic N) is 1. The number of hydrogen-bond donors (Lipinski definition) is 1. The second kappa shape index (κ2) is 4.74. The van der Waals surface area contributed by atoms with Crippen molar-refractivity contribution in [3.05, 3.63) is 28.6 Å². The summed E-state index contributed by atoms with van der Waals surface area (Å²) in [5.74, 6) is 0. The van der Waals surface area contributed by atoms with E-state index in [0.717, 1.165) is 0 Å². The maximum Gasteiger partial charge on any atom is 0.433 e. The first kappa shape index (κ1) is 13.5. The van der Waals surface area contributed by atoms with Gasteiger partial charge in [-0.3, -0.25) is 4.79 Å². The lowest BCUT2D eigenvalue weighted by Gasteiger charge is -2.15. The smallest absolute Gasteiger partial charge is 0.326 e. The van der Waals surface area contributed by atoms with Crippen molar-refractivity contribution in [3.8, 4) is 0 Å². The Kier molecular flexibility index (Phi) is 3.76. The predicted molar refractivity (Wildman–Crippen MR) is 47.5 cm³/mol. The summed E-state index contributed by atoms with van der Waals surface area (Å²) in [5.41, 5.74) is 1.06. The molecule has 0 aliphatic heterocycles. The van der Waals surface area contributed by atoms with Gasteiger partial charge in [0.05, 0.1) is 0 Å². The van der Waals surface area contributed by atoms with Crippen LogP contribution in [0, 0.1) is 0 Å². The molecule has 0 fully saturated rings. The minimum Gasteiger partial charge on any atom is -0.326 e. The fourth-order valence-corrected chi connectivity index (χ4v) is 1.32. The third kappa shape index (κ3) is 2.76. The SMILES string of the molecule is NCc1c(C(F)F)cc(C=O)nc1C(F)(F)F. The average Bonchev–Trinajstić information content (AvgIpc) is 2.25. The Morgan fingerprint density at radius 1 is 1.41 bits per heavy atom. The van der Waals surface area contributed by atoms with Crippen LogP contribution in [-0.4, -0.2) is 11.3 Å². The van der Waals surface area contributed by atoms with E-state index in [9.17, 15) is 26.7 Å². The molecule has 1 rings (SSSR count). The van der Waals surface area contributed by atoms with E-state index in [4.69, 9.17) is 5.73 Å². The standard InChI is InChI=1S/C9H7F5N2O/c10-8(11)5-1-4(3-17)16-7(6(5)2-15)9(12,13)14/h1,3,8H,2,15H2. The average molecular weight is 254 g/mol. The van der Waals surface area contributed by atoms with Crippen LogP contribution in [0.1, 0.15) is 33.7 Å². The van der Waals surface area contributed by atoms with E-state index < -0.39 is 41.7 Å². The number of aldehydes is 1. The molecule has 0 saturated carbocycles. The lowest BCUT2D eigenvalue weighted by atomic mass is 10.0. The molecule has 1 aromatic heterocycles. The van der Waals surface area contributed by atoms with Crippen LogP contribution in [0.3, 0.4) is 0 Å². The number of nitrogens with two attached hydrogens (primary N) is 1. The molecule has 0 spiro atoms. The highest BCUT2D eigenvalue weighted by atomic mass is 19.4. The van der Waals surface area contributed by atoms with Gasteiger partial charge in [0, 0.05) is 17.7 Å². The summed E-state index contributed by atoms with van der Waals surface area (Å²) < 4.78 is 62.6. The minimum absolute atomic E-state index is 0.0264. The predicted octanol–water partition coefficient (Wildman–Crippen LogP) is 2.31. The maximum absolute atomic E-state index is 12.5. The highest BCUT2D eigenvalue weighted by Crippen LogP contribution is 2.34. The maximum atomic E-state index is 12.5. The number of halogens is 5. The van der Waals surface area contributed by atoms with Crippen molar-refractivity contribution >= 4 is 6.29 Å². The Morgan fingerprint density at radius 3 is 2.35 bits per heavy atom. The normalized spacial score (nSPS) is 11.9. The number of aromatic nitrogens is 1. The highest BCUT2D eigenvalue weighted by Gasteiger charge is 2.37. The van der Waals surface area contributed by atoms with Gasteiger partial charge in [-0.1, -0.05) is 0 Å². The van der Waals surface area contributed by atoms with E-state index >= 15 is 0 Å². The van der Waals surface area contributed by atoms with E-state index in [1.165, 1.54) is 0 Å². The lowest BCUT2D eigenvalue weighted by Crippen LogP contribution is -2.18. The molecular weight excluding hydrogens is 247 g/mol. The van der Waals surface area contributed by atoms with Crippen LogP contribution < -0.4 is 5.73 Å². The van der Waals surface area contributed by atoms with Gasteiger partial charge >= 0.3 is 6.18 Å². The zero-order valence-electron chi connectivity index (χ0n) is 8.26. The van der Waals surface area contributed by atoms with Crippen molar-refractivity contribution in [2.24, 2.45) is 5.73 Å². The van der Waals surface area contributed by atoms with Gasteiger partial charge in [0.1, 0.15) is 11.4 Å². The summed E-state index contributed by atoms with van der Waals surface area (Å²) in [6, 6.07) is 0.606. The first-order chi connectivity index (χ1) is 7.81. The van der Waals surface area contributed by atoms with Crippen LogP contribution in [0.2, 0.25) is 0 Å². The summed E-state index contributed by atoms with van der Waals surface area (Å²) in [7, 11) is 0. The summed E-state index contributed by atoms with van der Waals surface area (Å²) in [6.07, 6.45) is -8.12. The summed E-state index contributed by atoms with van der Waals surface area (Å²) in [5, 5.41) is 0. The molecule has 1 heterocycles. The second-order valence-corrected chi connectivity index (χ2v) is 3.08. The van der Waals surface area contributed by atoms with E-state index in [0.29, 0.717) is 6.07 Å². The van der Waals surface area contributed by atoms with Crippen LogP contribution in [0.25, 0.3) is 0 Å². The van der Waals surface area contributed by atoms with Crippen molar-refractivity contribution in [1.82, 2.24) is 4.98 Å². The summed E-state index contributed by atoms with van der Waals surface area (Å²) >= 11 is 0. The number of alkyl halides is 5. The van der Waals surface area contributed by atoms with E-state index in [-0.39, 0.29) is 6.29 Å². The van der Waals surface area contributed by atoms with E-state index in [1.54, 1.807) is 0 Å². The molecule has 0 bridgehead atoms. The highest BCUT2D eigenvalue weighted by molar-refractivity contribution is 5.72. The van der Waals surface area contributed by atoms with Crippen LogP contribution >= 0.6 is 0 Å². The molecule has 0 atom stereocenters. The Hall–Kier alpha value is -1.57. The third-order valence-electron chi connectivity index (χ3n) is 2.01. The van der Waals surface area contributed by atoms with Gasteiger partial charge in [0.2, 0.25) is 0 Å². The van der Waals surface area contributed by atoms with Crippen LogP contribution in [0.5, 0.6) is 0 Å². The molecule has 8 heteroatoms. The molecule has 1 aromatic rings. The second-order valence-electron chi connectivity index (χ2n) is 3.08. The zero-order valence-corrected chi connectivity index (χ0v) is 8.26. The van der Waals surface area contributed by atoms with Crippen molar-refractivity contribution in [2.75, 3.05) is 0 Å². The molecule has 2 N–H and O–H groups in total. The van der Waals surface area contributed by atoms with Gasteiger partial charge in [-0.2, -0.15) is 13.2 Å². The van der Waals surface area contributed by atoms with Gasteiger partial charge < -0.3 is 5.73 Å². The van der Waals surface area contributed by atoms with Gasteiger partial charge in [-0.25, -0.2) is 13.8 Å². The number of carbonyl (C=O) groups excluding carboxylic acids is 1. The van der Waals surface area contributed by atoms with Gasteiger partial charge in [0.15, 0.2) is 6.29 Å². The molecule has 94 valence electrons. The van der Waals surface area contributed by atoms with Crippen molar-refractivity contribution in [2.45, 2.75) is 19.1 Å². The first-order valence-electron chi connectivity index (χ1n) is 4.35. The molecule has 0 aliphatic carbocycles. The Morgan fingerprint density at radius 2 is 2.00 bits per heavy atom. The molecular formula is C9H7F5N2O. The molecule has 0 radical (unpaired) electrons. The molecule has 0 unspecified atom stereocenters. The van der Waals surface area contributed by atoms with Gasteiger partial charge in [0.25, 0.3) is 6.43 Å². The van der Waals surface area contributed by atoms with Crippen molar-refractivity contribution in [1.29, 1.82) is 0 Å². The number of hydrogen-bond acceptors (Lipinski definition) is 3. The molecule has 17 heavy (non-hydrogen) atoms. The Balaban J connectivity index is 3.56. The van der Waals surface area contributed by atoms with Crippen molar-refractivity contribution < 1.29 is 26.7 Å². The van der Waals surface area contributed by atoms with Gasteiger partial charge in [-0.05, 0) is 6.07 Å². The number of carbonyl (C=O) groups is 1. The largest absolute Gasteiger partial charge is 0.433 e. The molecule has 3 nitrogen and oxygen atoms in total. The number of pyridine rings is 1. The van der Waals surface area contributed by atoms with E-state index in [2.05, 4.69) is 4.98 Å².